The molecular formula is C9H17NO. The summed E-state index contributed by atoms with van der Waals surface area (Å²) in [6.45, 7) is 5.72. The molecular weight excluding hydrogens is 138 g/mol. The second-order valence-electron chi connectivity index (χ2n) is 3.01. The number of aliphatic hydroxyl groups is 1. The van der Waals surface area contributed by atoms with Crippen molar-refractivity contribution >= 4 is 0 Å². The minimum absolute atomic E-state index is 0.110. The first-order valence-corrected chi connectivity index (χ1v) is 3.95. The number of terminal acetylenes is 1. The highest BCUT2D eigenvalue weighted by atomic mass is 16.3. The second-order valence-corrected chi connectivity index (χ2v) is 3.01. The number of aliphatic hydroxyl groups excluding tert-OH is 1. The van der Waals surface area contributed by atoms with E-state index in [4.69, 9.17) is 11.5 Å². The van der Waals surface area contributed by atoms with Crippen molar-refractivity contribution in [2.24, 2.45) is 0 Å². The molecule has 0 aromatic rings. The van der Waals surface area contributed by atoms with Crippen molar-refractivity contribution in [2.75, 3.05) is 0 Å². The van der Waals surface area contributed by atoms with Gasteiger partial charge in [0.25, 0.3) is 0 Å². The van der Waals surface area contributed by atoms with Crippen LogP contribution in [0.2, 0.25) is 0 Å². The van der Waals surface area contributed by atoms with Gasteiger partial charge in [-0.1, -0.05) is 0 Å². The van der Waals surface area contributed by atoms with Crippen molar-refractivity contribution in [2.45, 2.75) is 45.4 Å². The number of nitrogens with one attached hydrogen (secondary N) is 1. The molecule has 11 heavy (non-hydrogen) atoms. The zero-order valence-corrected chi connectivity index (χ0v) is 7.46. The fourth-order valence-electron chi connectivity index (χ4n) is 0.824. The zero-order valence-electron chi connectivity index (χ0n) is 7.46. The van der Waals surface area contributed by atoms with E-state index in [-0.39, 0.29) is 18.2 Å². The third kappa shape index (κ3) is 4.83. The van der Waals surface area contributed by atoms with Crippen LogP contribution in [0.1, 0.15) is 27.2 Å². The summed E-state index contributed by atoms with van der Waals surface area (Å²) in [6, 6.07) is 0.392. The lowest BCUT2D eigenvalue weighted by molar-refractivity contribution is 0.147. The van der Waals surface area contributed by atoms with E-state index >= 15 is 0 Å². The van der Waals surface area contributed by atoms with E-state index in [1.165, 1.54) is 0 Å². The van der Waals surface area contributed by atoms with Crippen LogP contribution in [0.25, 0.3) is 0 Å². The molecule has 0 bridgehead atoms. The fourth-order valence-corrected chi connectivity index (χ4v) is 0.824. The molecule has 0 saturated heterocycles. The first kappa shape index (κ1) is 10.5. The van der Waals surface area contributed by atoms with E-state index in [1.807, 2.05) is 13.8 Å². The lowest BCUT2D eigenvalue weighted by Gasteiger charge is -2.20. The maximum atomic E-state index is 9.12. The van der Waals surface area contributed by atoms with Gasteiger partial charge in [0.1, 0.15) is 0 Å². The van der Waals surface area contributed by atoms with Gasteiger partial charge in [-0.3, -0.25) is 0 Å². The molecule has 2 N–H and O–H groups in total. The van der Waals surface area contributed by atoms with Gasteiger partial charge in [-0.05, 0) is 20.8 Å². The van der Waals surface area contributed by atoms with Crippen LogP contribution in [-0.4, -0.2) is 23.3 Å². The molecule has 0 radical (unpaired) electrons. The number of hydrogen-bond acceptors (Lipinski definition) is 2. The first-order chi connectivity index (χ1) is 5.07. The topological polar surface area (TPSA) is 32.3 Å². The molecule has 0 amide bonds. The van der Waals surface area contributed by atoms with Crippen LogP contribution in [0.4, 0.5) is 0 Å². The van der Waals surface area contributed by atoms with Gasteiger partial charge >= 0.3 is 0 Å². The molecule has 0 saturated carbocycles. The Hall–Kier alpha value is -0.520. The Morgan fingerprint density at radius 3 is 2.36 bits per heavy atom. The molecule has 0 fully saturated rings. The SMILES string of the molecule is C#CCC(C)NC(C)C(C)O. The highest BCUT2D eigenvalue weighted by Gasteiger charge is 2.10. The van der Waals surface area contributed by atoms with E-state index in [0.29, 0.717) is 6.42 Å². The smallest absolute Gasteiger partial charge is 0.0662 e. The molecule has 2 heteroatoms. The second kappa shape index (κ2) is 5.17. The molecule has 0 heterocycles. The van der Waals surface area contributed by atoms with E-state index < -0.39 is 0 Å². The molecule has 0 aliphatic rings. The van der Waals surface area contributed by atoms with Gasteiger partial charge in [0.15, 0.2) is 0 Å². The fraction of sp³-hybridized carbons (Fsp3) is 0.778. The molecule has 2 nitrogen and oxygen atoms in total. The summed E-state index contributed by atoms with van der Waals surface area (Å²) in [5.41, 5.74) is 0. The highest BCUT2D eigenvalue weighted by Crippen LogP contribution is 1.95. The Morgan fingerprint density at radius 1 is 1.45 bits per heavy atom. The van der Waals surface area contributed by atoms with Crippen LogP contribution in [0, 0.1) is 12.3 Å². The normalized spacial score (nSPS) is 18.5. The predicted octanol–water partition coefficient (Wildman–Crippen LogP) is 0.757. The molecule has 0 spiro atoms. The van der Waals surface area contributed by atoms with Crippen molar-refractivity contribution in [3.8, 4) is 12.3 Å². The zero-order chi connectivity index (χ0) is 8.85. The van der Waals surface area contributed by atoms with Gasteiger partial charge in [-0.2, -0.15) is 0 Å². The molecule has 3 unspecified atom stereocenters. The van der Waals surface area contributed by atoms with E-state index in [9.17, 15) is 0 Å². The Kier molecular flexibility index (Phi) is 4.93. The monoisotopic (exact) mass is 155 g/mol. The van der Waals surface area contributed by atoms with E-state index in [0.717, 1.165) is 0 Å². The van der Waals surface area contributed by atoms with Crippen LogP contribution in [0.15, 0.2) is 0 Å². The quantitative estimate of drug-likeness (QED) is 0.587. The largest absolute Gasteiger partial charge is 0.392 e. The predicted molar refractivity (Wildman–Crippen MR) is 47.2 cm³/mol. The summed E-state index contributed by atoms with van der Waals surface area (Å²) in [6.07, 6.45) is 5.51. The van der Waals surface area contributed by atoms with Crippen LogP contribution < -0.4 is 5.32 Å². The Morgan fingerprint density at radius 2 is 2.00 bits per heavy atom. The van der Waals surface area contributed by atoms with Crippen molar-refractivity contribution in [1.82, 2.24) is 5.32 Å². The van der Waals surface area contributed by atoms with Crippen LogP contribution in [-0.2, 0) is 0 Å². The summed E-state index contributed by atoms with van der Waals surface area (Å²) < 4.78 is 0. The summed E-state index contributed by atoms with van der Waals surface area (Å²) >= 11 is 0. The number of hydrogen-bond donors (Lipinski definition) is 2. The molecule has 0 aliphatic heterocycles. The minimum Gasteiger partial charge on any atom is -0.392 e. The first-order valence-electron chi connectivity index (χ1n) is 3.95. The van der Waals surface area contributed by atoms with Gasteiger partial charge in [0.05, 0.1) is 6.10 Å². The third-order valence-electron chi connectivity index (χ3n) is 1.70. The van der Waals surface area contributed by atoms with Gasteiger partial charge in [-0.15, -0.1) is 12.3 Å². The molecule has 0 aromatic heterocycles. The summed E-state index contributed by atoms with van der Waals surface area (Å²) in [5, 5.41) is 12.3. The molecule has 64 valence electrons. The number of rotatable bonds is 4. The van der Waals surface area contributed by atoms with Crippen molar-refractivity contribution in [3.63, 3.8) is 0 Å². The third-order valence-corrected chi connectivity index (χ3v) is 1.70. The van der Waals surface area contributed by atoms with Gasteiger partial charge in [-0.25, -0.2) is 0 Å². The van der Waals surface area contributed by atoms with E-state index in [2.05, 4.69) is 11.2 Å². The van der Waals surface area contributed by atoms with Crippen LogP contribution in [0.3, 0.4) is 0 Å². The molecule has 3 atom stereocenters. The average Bonchev–Trinajstić information content (AvgIpc) is 1.87. The summed E-state index contributed by atoms with van der Waals surface area (Å²) in [4.78, 5) is 0. The molecule has 0 aliphatic carbocycles. The Labute approximate surface area is 69.0 Å². The standard InChI is InChI=1S/C9H17NO/c1-5-6-7(2)10-8(3)9(4)11/h1,7-11H,6H2,2-4H3. The Bertz CT molecular complexity index is 137. The molecule has 0 aromatic carbocycles. The van der Waals surface area contributed by atoms with Crippen molar-refractivity contribution in [1.29, 1.82) is 0 Å². The highest BCUT2D eigenvalue weighted by molar-refractivity contribution is 4.89. The van der Waals surface area contributed by atoms with Gasteiger partial charge in [0.2, 0.25) is 0 Å². The van der Waals surface area contributed by atoms with E-state index in [1.54, 1.807) is 6.92 Å². The van der Waals surface area contributed by atoms with Gasteiger partial charge in [0, 0.05) is 18.5 Å². The minimum atomic E-state index is -0.324. The maximum absolute atomic E-state index is 9.12. The van der Waals surface area contributed by atoms with Gasteiger partial charge < -0.3 is 10.4 Å². The molecule has 0 rings (SSSR count). The van der Waals surface area contributed by atoms with Crippen molar-refractivity contribution in [3.05, 3.63) is 0 Å². The lowest BCUT2D eigenvalue weighted by Crippen LogP contribution is -2.40. The average molecular weight is 155 g/mol. The Balaban J connectivity index is 3.58. The summed E-state index contributed by atoms with van der Waals surface area (Å²) in [5.74, 6) is 2.57. The van der Waals surface area contributed by atoms with Crippen molar-refractivity contribution < 1.29 is 5.11 Å². The maximum Gasteiger partial charge on any atom is 0.0662 e. The van der Waals surface area contributed by atoms with Crippen LogP contribution >= 0.6 is 0 Å². The lowest BCUT2D eigenvalue weighted by atomic mass is 10.1. The summed E-state index contributed by atoms with van der Waals surface area (Å²) in [7, 11) is 0. The van der Waals surface area contributed by atoms with Crippen LogP contribution in [0.5, 0.6) is 0 Å².